The molecule has 1 aliphatic rings. The zero-order chi connectivity index (χ0) is 13.7. The zero-order valence-electron chi connectivity index (χ0n) is 11.2. The third-order valence-corrected chi connectivity index (χ3v) is 5.85. The van der Waals surface area contributed by atoms with Gasteiger partial charge in [-0.1, -0.05) is 6.92 Å². The first-order valence-electron chi connectivity index (χ1n) is 6.73. The molecule has 1 atom stereocenters. The topological polar surface area (TPSA) is 62.3 Å². The Morgan fingerprint density at radius 1 is 1.42 bits per heavy atom. The molecule has 1 unspecified atom stereocenters. The Hall–Kier alpha value is -0.980. The second-order valence-electron chi connectivity index (χ2n) is 4.79. The highest BCUT2D eigenvalue weighted by molar-refractivity contribution is 7.89. The average Bonchev–Trinajstić information content (AvgIpc) is 2.46. The van der Waals surface area contributed by atoms with Gasteiger partial charge in [-0.25, -0.2) is 8.42 Å². The lowest BCUT2D eigenvalue weighted by molar-refractivity contribution is 0.399. The van der Waals surface area contributed by atoms with Gasteiger partial charge in [-0.05, 0) is 37.1 Å². The fourth-order valence-electron chi connectivity index (χ4n) is 2.36. The normalized spacial score (nSPS) is 20.6. The molecule has 1 N–H and O–H groups in total. The van der Waals surface area contributed by atoms with Gasteiger partial charge in [-0.3, -0.25) is 4.98 Å². The number of hydrogen-bond acceptors (Lipinski definition) is 4. The lowest BCUT2D eigenvalue weighted by Gasteiger charge is -2.29. The van der Waals surface area contributed by atoms with Gasteiger partial charge in [0, 0.05) is 32.0 Å². The third-order valence-electron chi connectivity index (χ3n) is 3.49. The van der Waals surface area contributed by atoms with Crippen molar-refractivity contribution in [1.82, 2.24) is 14.6 Å². The third kappa shape index (κ3) is 3.52. The number of nitrogens with one attached hydrogen (secondary N) is 1. The van der Waals surface area contributed by atoms with Gasteiger partial charge in [0.05, 0.1) is 5.25 Å². The Morgan fingerprint density at radius 3 is 2.74 bits per heavy atom. The Labute approximate surface area is 115 Å². The first kappa shape index (κ1) is 14.4. The van der Waals surface area contributed by atoms with Crippen molar-refractivity contribution in [3.8, 4) is 0 Å². The van der Waals surface area contributed by atoms with Gasteiger partial charge in [-0.2, -0.15) is 4.31 Å². The summed E-state index contributed by atoms with van der Waals surface area (Å²) in [6.07, 6.45) is 5.06. The molecule has 2 heterocycles. The molecule has 5 nitrogen and oxygen atoms in total. The molecule has 106 valence electrons. The van der Waals surface area contributed by atoms with Gasteiger partial charge < -0.3 is 5.32 Å². The molecule has 1 aromatic rings. The summed E-state index contributed by atoms with van der Waals surface area (Å²) in [6, 6.07) is 3.72. The maximum Gasteiger partial charge on any atom is 0.218 e. The summed E-state index contributed by atoms with van der Waals surface area (Å²) in [7, 11) is -3.22. The molecule has 2 rings (SSSR count). The Bertz CT molecular complexity index is 484. The maximum absolute atomic E-state index is 12.6. The second-order valence-corrected chi connectivity index (χ2v) is 7.01. The van der Waals surface area contributed by atoms with E-state index in [1.165, 1.54) is 0 Å². The molecular formula is C13H21N3O2S. The fraction of sp³-hybridized carbons (Fsp3) is 0.615. The van der Waals surface area contributed by atoms with Gasteiger partial charge in [-0.15, -0.1) is 0 Å². The highest BCUT2D eigenvalue weighted by Gasteiger charge is 2.32. The van der Waals surface area contributed by atoms with Crippen molar-refractivity contribution in [1.29, 1.82) is 0 Å². The van der Waals surface area contributed by atoms with Crippen molar-refractivity contribution >= 4 is 10.0 Å². The lowest BCUT2D eigenvalue weighted by atomic mass is 10.2. The van der Waals surface area contributed by atoms with Gasteiger partial charge in [0.25, 0.3) is 0 Å². The van der Waals surface area contributed by atoms with Crippen LogP contribution in [-0.2, 0) is 16.6 Å². The van der Waals surface area contributed by atoms with Gasteiger partial charge in [0.15, 0.2) is 0 Å². The molecule has 19 heavy (non-hydrogen) atoms. The molecule has 1 aliphatic heterocycles. The molecule has 0 saturated carbocycles. The quantitative estimate of drug-likeness (QED) is 0.875. The van der Waals surface area contributed by atoms with Crippen LogP contribution in [0.3, 0.4) is 0 Å². The number of rotatable bonds is 5. The van der Waals surface area contributed by atoms with Gasteiger partial charge in [0.1, 0.15) is 0 Å². The van der Waals surface area contributed by atoms with Crippen LogP contribution >= 0.6 is 0 Å². The molecule has 0 radical (unpaired) electrons. The van der Waals surface area contributed by atoms with E-state index < -0.39 is 10.0 Å². The highest BCUT2D eigenvalue weighted by atomic mass is 32.2. The number of sulfonamides is 1. The van der Waals surface area contributed by atoms with Gasteiger partial charge in [0.2, 0.25) is 10.0 Å². The van der Waals surface area contributed by atoms with E-state index in [0.29, 0.717) is 19.6 Å². The van der Waals surface area contributed by atoms with E-state index in [2.05, 4.69) is 10.3 Å². The van der Waals surface area contributed by atoms with E-state index in [0.717, 1.165) is 24.9 Å². The van der Waals surface area contributed by atoms with Crippen LogP contribution in [0.4, 0.5) is 0 Å². The average molecular weight is 283 g/mol. The minimum absolute atomic E-state index is 0.289. The summed E-state index contributed by atoms with van der Waals surface area (Å²) in [4.78, 5) is 3.95. The molecule has 1 fully saturated rings. The van der Waals surface area contributed by atoms with Gasteiger partial charge >= 0.3 is 0 Å². The Balaban J connectivity index is 2.11. The van der Waals surface area contributed by atoms with E-state index in [9.17, 15) is 8.42 Å². The largest absolute Gasteiger partial charge is 0.315 e. The Morgan fingerprint density at radius 2 is 2.16 bits per heavy atom. The van der Waals surface area contributed by atoms with Crippen molar-refractivity contribution in [3.05, 3.63) is 30.1 Å². The minimum Gasteiger partial charge on any atom is -0.315 e. The van der Waals surface area contributed by atoms with Crippen molar-refractivity contribution in [3.63, 3.8) is 0 Å². The smallest absolute Gasteiger partial charge is 0.218 e. The first-order valence-corrected chi connectivity index (χ1v) is 8.23. The van der Waals surface area contributed by atoms with E-state index in [4.69, 9.17) is 0 Å². The first-order chi connectivity index (χ1) is 9.14. The van der Waals surface area contributed by atoms with Crippen LogP contribution in [0.25, 0.3) is 0 Å². The Kier molecular flexibility index (Phi) is 4.90. The molecule has 0 aliphatic carbocycles. The number of hydrogen-bond donors (Lipinski definition) is 1. The number of piperidine rings is 1. The van der Waals surface area contributed by atoms with Crippen LogP contribution in [0.2, 0.25) is 0 Å². The summed E-state index contributed by atoms with van der Waals surface area (Å²) >= 11 is 0. The van der Waals surface area contributed by atoms with Crippen LogP contribution in [-0.4, -0.2) is 42.6 Å². The van der Waals surface area contributed by atoms with E-state index >= 15 is 0 Å². The highest BCUT2D eigenvalue weighted by Crippen LogP contribution is 2.18. The summed E-state index contributed by atoms with van der Waals surface area (Å²) in [5, 5.41) is 2.88. The fourth-order valence-corrected chi connectivity index (χ4v) is 4.26. The number of nitrogens with zero attached hydrogens (tertiary/aromatic N) is 2. The van der Waals surface area contributed by atoms with Crippen LogP contribution in [0, 0.1) is 0 Å². The number of aromatic nitrogens is 1. The summed E-state index contributed by atoms with van der Waals surface area (Å²) in [5.41, 5.74) is 0.976. The molecular weight excluding hydrogens is 262 g/mol. The molecule has 1 aromatic heterocycles. The van der Waals surface area contributed by atoms with Crippen LogP contribution in [0.5, 0.6) is 0 Å². The van der Waals surface area contributed by atoms with Crippen LogP contribution in [0.1, 0.15) is 25.3 Å². The summed E-state index contributed by atoms with van der Waals surface area (Å²) in [6.45, 7) is 4.30. The van der Waals surface area contributed by atoms with Crippen molar-refractivity contribution in [2.45, 2.75) is 31.6 Å². The number of pyridine rings is 1. The molecule has 6 heteroatoms. The van der Waals surface area contributed by atoms with Crippen LogP contribution < -0.4 is 5.32 Å². The summed E-state index contributed by atoms with van der Waals surface area (Å²) < 4.78 is 26.8. The lowest BCUT2D eigenvalue weighted by Crippen LogP contribution is -2.45. The monoisotopic (exact) mass is 283 g/mol. The molecule has 0 amide bonds. The van der Waals surface area contributed by atoms with Crippen LogP contribution in [0.15, 0.2) is 24.5 Å². The molecule has 0 spiro atoms. The second kappa shape index (κ2) is 6.45. The van der Waals surface area contributed by atoms with E-state index in [1.54, 1.807) is 16.7 Å². The molecule has 1 saturated heterocycles. The van der Waals surface area contributed by atoms with E-state index in [1.807, 2.05) is 19.1 Å². The van der Waals surface area contributed by atoms with Crippen molar-refractivity contribution in [2.75, 3.05) is 19.6 Å². The predicted octanol–water partition coefficient (Wildman–Crippen LogP) is 0.985. The van der Waals surface area contributed by atoms with Crippen molar-refractivity contribution < 1.29 is 8.42 Å². The zero-order valence-corrected chi connectivity index (χ0v) is 12.1. The standard InChI is InChI=1S/C13H21N3O2S/c1-2-16(11-12-5-8-14-9-6-12)19(17,18)13-4-3-7-15-10-13/h5-6,8-9,13,15H,2-4,7,10-11H2,1H3. The molecule has 0 aromatic carbocycles. The summed E-state index contributed by atoms with van der Waals surface area (Å²) in [5.74, 6) is 0. The SMILES string of the molecule is CCN(Cc1ccncc1)S(=O)(=O)C1CCCNC1. The molecule has 0 bridgehead atoms. The van der Waals surface area contributed by atoms with E-state index in [-0.39, 0.29) is 5.25 Å². The predicted molar refractivity (Wildman–Crippen MR) is 75.1 cm³/mol. The van der Waals surface area contributed by atoms with Crippen molar-refractivity contribution in [2.24, 2.45) is 0 Å². The maximum atomic E-state index is 12.6. The minimum atomic E-state index is -3.22.